The van der Waals surface area contributed by atoms with Gasteiger partial charge in [0.25, 0.3) is 5.91 Å². The first-order chi connectivity index (χ1) is 12.8. The number of amides is 1. The standard InChI is InChI=1S/C20H18N4O2/c1-26-13-20(25)24-19(12-17(23-24)14-5-3-2-4-6-14)15-7-8-16-18(11-15)22-10-9-21-16/h2-11,19H,12-13H2,1H3. The minimum Gasteiger partial charge on any atom is -0.375 e. The molecular formula is C20H18N4O2. The Morgan fingerprint density at radius 2 is 1.88 bits per heavy atom. The third-order valence-electron chi connectivity index (χ3n) is 4.42. The van der Waals surface area contributed by atoms with E-state index in [1.54, 1.807) is 12.4 Å². The third kappa shape index (κ3) is 3.07. The second kappa shape index (κ2) is 7.01. The largest absolute Gasteiger partial charge is 0.375 e. The van der Waals surface area contributed by atoms with Crippen molar-refractivity contribution >= 4 is 22.7 Å². The van der Waals surface area contributed by atoms with Crippen LogP contribution in [0, 0.1) is 0 Å². The molecule has 1 aliphatic heterocycles. The van der Waals surface area contributed by atoms with Gasteiger partial charge in [-0.05, 0) is 23.3 Å². The van der Waals surface area contributed by atoms with E-state index >= 15 is 0 Å². The molecule has 6 nitrogen and oxygen atoms in total. The van der Waals surface area contributed by atoms with Crippen molar-refractivity contribution in [1.82, 2.24) is 15.0 Å². The van der Waals surface area contributed by atoms with Crippen molar-refractivity contribution in [3.63, 3.8) is 0 Å². The molecule has 6 heteroatoms. The van der Waals surface area contributed by atoms with E-state index in [1.165, 1.54) is 12.1 Å². The number of hydrazone groups is 1. The van der Waals surface area contributed by atoms with Gasteiger partial charge in [0.15, 0.2) is 0 Å². The molecule has 0 bridgehead atoms. The summed E-state index contributed by atoms with van der Waals surface area (Å²) in [5.41, 5.74) is 4.52. The zero-order chi connectivity index (χ0) is 17.9. The SMILES string of the molecule is COCC(=O)N1N=C(c2ccccc2)CC1c1ccc2nccnc2c1. The minimum absolute atomic E-state index is 0.00451. The lowest BCUT2D eigenvalue weighted by Gasteiger charge is -2.21. The van der Waals surface area contributed by atoms with Gasteiger partial charge in [0.1, 0.15) is 6.61 Å². The maximum Gasteiger partial charge on any atom is 0.269 e. The first-order valence-electron chi connectivity index (χ1n) is 8.41. The van der Waals surface area contributed by atoms with E-state index in [0.717, 1.165) is 27.9 Å². The number of hydrogen-bond acceptors (Lipinski definition) is 5. The quantitative estimate of drug-likeness (QED) is 0.728. The summed E-state index contributed by atoms with van der Waals surface area (Å²) in [7, 11) is 1.51. The zero-order valence-electron chi connectivity index (χ0n) is 14.4. The van der Waals surface area contributed by atoms with Crippen molar-refractivity contribution in [2.45, 2.75) is 12.5 Å². The molecule has 1 amide bonds. The Labute approximate surface area is 151 Å². The van der Waals surface area contributed by atoms with Crippen molar-refractivity contribution < 1.29 is 9.53 Å². The first kappa shape index (κ1) is 16.4. The van der Waals surface area contributed by atoms with Crippen molar-refractivity contribution in [1.29, 1.82) is 0 Å². The minimum atomic E-state index is -0.181. The Bertz CT molecular complexity index is 972. The zero-order valence-corrected chi connectivity index (χ0v) is 14.4. The number of aromatic nitrogens is 2. The molecule has 130 valence electrons. The van der Waals surface area contributed by atoms with Crippen LogP contribution in [0.3, 0.4) is 0 Å². The summed E-state index contributed by atoms with van der Waals surface area (Å²) in [5, 5.41) is 6.13. The van der Waals surface area contributed by atoms with Gasteiger partial charge in [0.2, 0.25) is 0 Å². The highest BCUT2D eigenvalue weighted by Crippen LogP contribution is 2.33. The summed E-state index contributed by atoms with van der Waals surface area (Å²) < 4.78 is 5.03. The predicted octanol–water partition coefficient (Wildman–Crippen LogP) is 2.95. The van der Waals surface area contributed by atoms with Crippen LogP contribution in [0.15, 0.2) is 66.0 Å². The van der Waals surface area contributed by atoms with Crippen molar-refractivity contribution in [3.8, 4) is 0 Å². The normalized spacial score (nSPS) is 16.7. The van der Waals surface area contributed by atoms with E-state index in [0.29, 0.717) is 6.42 Å². The number of rotatable bonds is 4. The summed E-state index contributed by atoms with van der Waals surface area (Å²) in [6.07, 6.45) is 3.98. The van der Waals surface area contributed by atoms with E-state index in [1.807, 2.05) is 48.5 Å². The van der Waals surface area contributed by atoms with Gasteiger partial charge in [-0.1, -0.05) is 36.4 Å². The Morgan fingerprint density at radius 3 is 2.65 bits per heavy atom. The molecule has 0 aliphatic carbocycles. The number of benzene rings is 2. The lowest BCUT2D eigenvalue weighted by atomic mass is 9.98. The Balaban J connectivity index is 1.72. The number of methoxy groups -OCH3 is 1. The van der Waals surface area contributed by atoms with Crippen LogP contribution < -0.4 is 0 Å². The fourth-order valence-electron chi connectivity index (χ4n) is 3.18. The van der Waals surface area contributed by atoms with Crippen molar-refractivity contribution in [2.24, 2.45) is 5.10 Å². The summed E-state index contributed by atoms with van der Waals surface area (Å²) in [6, 6.07) is 15.6. The van der Waals surface area contributed by atoms with Crippen LogP contribution >= 0.6 is 0 Å². The predicted molar refractivity (Wildman–Crippen MR) is 98.6 cm³/mol. The molecule has 1 aliphatic rings. The molecule has 0 saturated heterocycles. The Morgan fingerprint density at radius 1 is 1.12 bits per heavy atom. The highest BCUT2D eigenvalue weighted by molar-refractivity contribution is 6.03. The van der Waals surface area contributed by atoms with Gasteiger partial charge in [0.05, 0.1) is 22.8 Å². The molecule has 0 N–H and O–H groups in total. The summed E-state index contributed by atoms with van der Waals surface area (Å²) in [4.78, 5) is 21.2. The highest BCUT2D eigenvalue weighted by Gasteiger charge is 2.33. The van der Waals surface area contributed by atoms with E-state index in [4.69, 9.17) is 4.74 Å². The van der Waals surface area contributed by atoms with E-state index < -0.39 is 0 Å². The number of hydrogen-bond donors (Lipinski definition) is 0. The molecule has 0 spiro atoms. The fourth-order valence-corrected chi connectivity index (χ4v) is 3.18. The van der Waals surface area contributed by atoms with Gasteiger partial charge in [-0.3, -0.25) is 14.8 Å². The van der Waals surface area contributed by atoms with Crippen molar-refractivity contribution in [2.75, 3.05) is 13.7 Å². The molecule has 2 heterocycles. The average Bonchev–Trinajstić information content (AvgIpc) is 3.14. The van der Waals surface area contributed by atoms with E-state index in [2.05, 4.69) is 15.1 Å². The van der Waals surface area contributed by atoms with Crippen LogP contribution in [0.25, 0.3) is 11.0 Å². The number of carbonyl (C=O) groups excluding carboxylic acids is 1. The molecule has 2 aromatic carbocycles. The third-order valence-corrected chi connectivity index (χ3v) is 4.42. The molecule has 3 aromatic rings. The molecule has 1 unspecified atom stereocenters. The monoisotopic (exact) mass is 346 g/mol. The molecule has 26 heavy (non-hydrogen) atoms. The number of fused-ring (bicyclic) bond motifs is 1. The van der Waals surface area contributed by atoms with Crippen LogP contribution in [0.4, 0.5) is 0 Å². The molecule has 4 rings (SSSR count). The van der Waals surface area contributed by atoms with Gasteiger partial charge >= 0.3 is 0 Å². The summed E-state index contributed by atoms with van der Waals surface area (Å²) in [6.45, 7) is -0.00451. The van der Waals surface area contributed by atoms with Crippen LogP contribution in [0.5, 0.6) is 0 Å². The maximum atomic E-state index is 12.5. The van der Waals surface area contributed by atoms with Crippen molar-refractivity contribution in [3.05, 3.63) is 72.1 Å². The van der Waals surface area contributed by atoms with Gasteiger partial charge < -0.3 is 4.74 Å². The summed E-state index contributed by atoms with van der Waals surface area (Å²) in [5.74, 6) is -0.164. The smallest absolute Gasteiger partial charge is 0.269 e. The first-order valence-corrected chi connectivity index (χ1v) is 8.41. The number of nitrogens with zero attached hydrogens (tertiary/aromatic N) is 4. The van der Waals surface area contributed by atoms with Crippen LogP contribution in [-0.4, -0.2) is 40.3 Å². The van der Waals surface area contributed by atoms with Crippen LogP contribution in [0.2, 0.25) is 0 Å². The van der Waals surface area contributed by atoms with E-state index in [9.17, 15) is 4.79 Å². The second-order valence-corrected chi connectivity index (χ2v) is 6.11. The van der Waals surface area contributed by atoms with E-state index in [-0.39, 0.29) is 18.6 Å². The van der Waals surface area contributed by atoms with Crippen LogP contribution in [0.1, 0.15) is 23.6 Å². The molecular weight excluding hydrogens is 328 g/mol. The van der Waals surface area contributed by atoms with Gasteiger partial charge in [-0.15, -0.1) is 0 Å². The summed E-state index contributed by atoms with van der Waals surface area (Å²) >= 11 is 0. The molecule has 0 fully saturated rings. The van der Waals surface area contributed by atoms with Crippen LogP contribution in [-0.2, 0) is 9.53 Å². The highest BCUT2D eigenvalue weighted by atomic mass is 16.5. The Hall–Kier alpha value is -3.12. The van der Waals surface area contributed by atoms with Gasteiger partial charge in [-0.2, -0.15) is 5.10 Å². The lowest BCUT2D eigenvalue weighted by molar-refractivity contribution is -0.136. The number of ether oxygens (including phenoxy) is 1. The molecule has 0 saturated carbocycles. The van der Waals surface area contributed by atoms with Gasteiger partial charge in [-0.25, -0.2) is 5.01 Å². The maximum absolute atomic E-state index is 12.5. The molecule has 1 aromatic heterocycles. The molecule has 0 radical (unpaired) electrons. The second-order valence-electron chi connectivity index (χ2n) is 6.11. The van der Waals surface area contributed by atoms with Gasteiger partial charge in [0, 0.05) is 25.9 Å². The number of carbonyl (C=O) groups is 1. The Kier molecular flexibility index (Phi) is 4.41. The topological polar surface area (TPSA) is 67.7 Å². The average molecular weight is 346 g/mol. The lowest BCUT2D eigenvalue weighted by Crippen LogP contribution is -2.30. The fraction of sp³-hybridized carbons (Fsp3) is 0.200. The molecule has 1 atom stereocenters.